The van der Waals surface area contributed by atoms with Gasteiger partial charge in [-0.1, -0.05) is 0 Å². The predicted octanol–water partition coefficient (Wildman–Crippen LogP) is 1.90. The first kappa shape index (κ1) is 8.83. The first-order valence-corrected chi connectivity index (χ1v) is 4.68. The van der Waals surface area contributed by atoms with Gasteiger partial charge < -0.3 is 5.11 Å². The standard InChI is InChI=1S/C9H6N2O2S/c12-9(13)7-5-11-8(14-7)6-1-3-10-4-2-6/h1-5H,(H,12,13). The average molecular weight is 206 g/mol. The van der Waals surface area contributed by atoms with Crippen molar-refractivity contribution in [2.45, 2.75) is 0 Å². The Balaban J connectivity index is 2.39. The van der Waals surface area contributed by atoms with Gasteiger partial charge in [0, 0.05) is 18.0 Å². The van der Waals surface area contributed by atoms with Crippen molar-refractivity contribution < 1.29 is 9.90 Å². The van der Waals surface area contributed by atoms with E-state index in [-0.39, 0.29) is 4.88 Å². The van der Waals surface area contributed by atoms with Crippen LogP contribution < -0.4 is 0 Å². The van der Waals surface area contributed by atoms with E-state index in [4.69, 9.17) is 5.11 Å². The zero-order valence-electron chi connectivity index (χ0n) is 7.04. The molecule has 0 unspecified atom stereocenters. The molecule has 0 aliphatic rings. The number of rotatable bonds is 2. The molecule has 0 saturated heterocycles. The number of carboxylic acid groups (broad SMARTS) is 1. The van der Waals surface area contributed by atoms with Crippen LogP contribution in [0.4, 0.5) is 0 Å². The molecule has 2 aromatic rings. The Kier molecular flexibility index (Phi) is 2.24. The Bertz CT molecular complexity index is 453. The minimum Gasteiger partial charge on any atom is -0.477 e. The minimum atomic E-state index is -0.942. The SMILES string of the molecule is O=C(O)c1cnc(-c2ccncc2)s1. The van der Waals surface area contributed by atoms with E-state index >= 15 is 0 Å². The number of hydrogen-bond donors (Lipinski definition) is 1. The maximum Gasteiger partial charge on any atom is 0.347 e. The second-order valence-electron chi connectivity index (χ2n) is 2.57. The normalized spacial score (nSPS) is 10.0. The average Bonchev–Trinajstić information content (AvgIpc) is 2.68. The third kappa shape index (κ3) is 1.62. The molecular formula is C9H6N2O2S. The summed E-state index contributed by atoms with van der Waals surface area (Å²) < 4.78 is 0. The second kappa shape index (κ2) is 3.55. The summed E-state index contributed by atoms with van der Waals surface area (Å²) in [7, 11) is 0. The van der Waals surface area contributed by atoms with Crippen LogP contribution in [0.1, 0.15) is 9.67 Å². The number of nitrogens with zero attached hydrogens (tertiary/aromatic N) is 2. The van der Waals surface area contributed by atoms with Crippen molar-refractivity contribution in [3.8, 4) is 10.6 Å². The molecule has 0 aromatic carbocycles. The topological polar surface area (TPSA) is 63.1 Å². The van der Waals surface area contributed by atoms with Gasteiger partial charge in [0.1, 0.15) is 9.88 Å². The molecule has 0 radical (unpaired) electrons. The lowest BCUT2D eigenvalue weighted by molar-refractivity contribution is 0.0702. The van der Waals surface area contributed by atoms with Crippen LogP contribution in [0.3, 0.4) is 0 Å². The van der Waals surface area contributed by atoms with Gasteiger partial charge in [-0.3, -0.25) is 4.98 Å². The summed E-state index contributed by atoms with van der Waals surface area (Å²) >= 11 is 1.16. The molecule has 14 heavy (non-hydrogen) atoms. The van der Waals surface area contributed by atoms with Crippen molar-refractivity contribution in [1.82, 2.24) is 9.97 Å². The monoisotopic (exact) mass is 206 g/mol. The van der Waals surface area contributed by atoms with Crippen LogP contribution in [0.15, 0.2) is 30.7 Å². The Morgan fingerprint density at radius 1 is 1.36 bits per heavy atom. The summed E-state index contributed by atoms with van der Waals surface area (Å²) in [4.78, 5) is 18.7. The van der Waals surface area contributed by atoms with E-state index in [1.807, 2.05) is 0 Å². The van der Waals surface area contributed by atoms with Crippen LogP contribution in [0.5, 0.6) is 0 Å². The van der Waals surface area contributed by atoms with E-state index in [0.717, 1.165) is 16.9 Å². The molecule has 0 fully saturated rings. The quantitative estimate of drug-likeness (QED) is 0.815. The van der Waals surface area contributed by atoms with Gasteiger partial charge in [0.25, 0.3) is 0 Å². The van der Waals surface area contributed by atoms with Gasteiger partial charge in [0.15, 0.2) is 0 Å². The molecule has 5 heteroatoms. The van der Waals surface area contributed by atoms with Gasteiger partial charge in [-0.25, -0.2) is 9.78 Å². The van der Waals surface area contributed by atoms with Crippen LogP contribution in [-0.2, 0) is 0 Å². The summed E-state index contributed by atoms with van der Waals surface area (Å²) in [6.07, 6.45) is 4.66. The van der Waals surface area contributed by atoms with E-state index in [1.165, 1.54) is 6.20 Å². The molecule has 2 rings (SSSR count). The van der Waals surface area contributed by atoms with Crippen LogP contribution in [0, 0.1) is 0 Å². The van der Waals surface area contributed by atoms with E-state index in [0.29, 0.717) is 5.01 Å². The molecule has 0 aliphatic heterocycles. The maximum absolute atomic E-state index is 10.6. The Morgan fingerprint density at radius 2 is 2.07 bits per heavy atom. The predicted molar refractivity (Wildman–Crippen MR) is 52.3 cm³/mol. The highest BCUT2D eigenvalue weighted by Crippen LogP contribution is 2.24. The zero-order valence-corrected chi connectivity index (χ0v) is 7.86. The molecule has 0 atom stereocenters. The number of carboxylic acids is 1. The summed E-state index contributed by atoms with van der Waals surface area (Å²) in [5.74, 6) is -0.942. The van der Waals surface area contributed by atoms with Gasteiger partial charge in [0.2, 0.25) is 0 Å². The van der Waals surface area contributed by atoms with Gasteiger partial charge in [-0.2, -0.15) is 0 Å². The first-order chi connectivity index (χ1) is 6.77. The molecule has 1 N–H and O–H groups in total. The lowest BCUT2D eigenvalue weighted by Crippen LogP contribution is -1.89. The fourth-order valence-corrected chi connectivity index (χ4v) is 1.76. The van der Waals surface area contributed by atoms with Crippen molar-refractivity contribution in [3.05, 3.63) is 35.6 Å². The molecular weight excluding hydrogens is 200 g/mol. The van der Waals surface area contributed by atoms with E-state index in [9.17, 15) is 4.79 Å². The van der Waals surface area contributed by atoms with Gasteiger partial charge in [-0.05, 0) is 12.1 Å². The smallest absolute Gasteiger partial charge is 0.347 e. The maximum atomic E-state index is 10.6. The Labute approximate surface area is 83.9 Å². The van der Waals surface area contributed by atoms with Crippen LogP contribution in [0.2, 0.25) is 0 Å². The number of aromatic carboxylic acids is 1. The number of hydrogen-bond acceptors (Lipinski definition) is 4. The summed E-state index contributed by atoms with van der Waals surface area (Å²) in [6, 6.07) is 3.59. The number of thiazole rings is 1. The van der Waals surface area contributed by atoms with Crippen LogP contribution >= 0.6 is 11.3 Å². The number of aromatic nitrogens is 2. The first-order valence-electron chi connectivity index (χ1n) is 3.87. The van der Waals surface area contributed by atoms with E-state index in [2.05, 4.69) is 9.97 Å². The molecule has 70 valence electrons. The molecule has 0 saturated carbocycles. The fourth-order valence-electron chi connectivity index (χ4n) is 1.00. The summed E-state index contributed by atoms with van der Waals surface area (Å²) in [5, 5.41) is 9.40. The Morgan fingerprint density at radius 3 is 2.64 bits per heavy atom. The van der Waals surface area contributed by atoms with E-state index in [1.54, 1.807) is 24.5 Å². The zero-order chi connectivity index (χ0) is 9.97. The number of carbonyl (C=O) groups is 1. The Hall–Kier alpha value is -1.75. The van der Waals surface area contributed by atoms with Crippen molar-refractivity contribution in [2.75, 3.05) is 0 Å². The molecule has 0 bridgehead atoms. The lowest BCUT2D eigenvalue weighted by Gasteiger charge is -1.91. The molecule has 0 spiro atoms. The third-order valence-electron chi connectivity index (χ3n) is 1.64. The summed E-state index contributed by atoms with van der Waals surface area (Å²) in [6.45, 7) is 0. The minimum absolute atomic E-state index is 0.247. The number of pyridine rings is 1. The van der Waals surface area contributed by atoms with Gasteiger partial charge in [0.05, 0.1) is 6.20 Å². The summed E-state index contributed by atoms with van der Waals surface area (Å²) in [5.41, 5.74) is 0.887. The highest BCUT2D eigenvalue weighted by Gasteiger charge is 2.09. The van der Waals surface area contributed by atoms with Crippen LogP contribution in [0.25, 0.3) is 10.6 Å². The molecule has 0 amide bonds. The van der Waals surface area contributed by atoms with Gasteiger partial charge in [-0.15, -0.1) is 11.3 Å². The molecule has 2 heterocycles. The van der Waals surface area contributed by atoms with Crippen molar-refractivity contribution >= 4 is 17.3 Å². The highest BCUT2D eigenvalue weighted by atomic mass is 32.1. The van der Waals surface area contributed by atoms with E-state index < -0.39 is 5.97 Å². The molecule has 4 nitrogen and oxygen atoms in total. The molecule has 0 aliphatic carbocycles. The highest BCUT2D eigenvalue weighted by molar-refractivity contribution is 7.16. The van der Waals surface area contributed by atoms with Gasteiger partial charge >= 0.3 is 5.97 Å². The van der Waals surface area contributed by atoms with Crippen molar-refractivity contribution in [2.24, 2.45) is 0 Å². The lowest BCUT2D eigenvalue weighted by atomic mass is 10.3. The van der Waals surface area contributed by atoms with Crippen molar-refractivity contribution in [1.29, 1.82) is 0 Å². The fraction of sp³-hybridized carbons (Fsp3) is 0. The third-order valence-corrected chi connectivity index (χ3v) is 2.68. The van der Waals surface area contributed by atoms with Crippen LogP contribution in [-0.4, -0.2) is 21.0 Å². The second-order valence-corrected chi connectivity index (χ2v) is 3.60. The molecule has 2 aromatic heterocycles. The largest absolute Gasteiger partial charge is 0.477 e. The van der Waals surface area contributed by atoms with Crippen molar-refractivity contribution in [3.63, 3.8) is 0 Å².